The van der Waals surface area contributed by atoms with Crippen molar-refractivity contribution in [2.75, 3.05) is 27.4 Å². The third-order valence-electron chi connectivity index (χ3n) is 2.75. The highest BCUT2D eigenvalue weighted by molar-refractivity contribution is 7.15. The normalized spacial score (nSPS) is 13.1. The van der Waals surface area contributed by atoms with Gasteiger partial charge in [0.15, 0.2) is 4.96 Å². The van der Waals surface area contributed by atoms with E-state index in [0.29, 0.717) is 11.8 Å². The van der Waals surface area contributed by atoms with Crippen LogP contribution in [-0.4, -0.2) is 36.8 Å². The zero-order valence-electron chi connectivity index (χ0n) is 11.0. The minimum Gasteiger partial charge on any atom is -0.480 e. The van der Waals surface area contributed by atoms with Crippen molar-refractivity contribution in [1.29, 1.82) is 0 Å². The number of nitrogens with one attached hydrogen (secondary N) is 1. The smallest absolute Gasteiger partial charge is 0.237 e. The van der Waals surface area contributed by atoms with Gasteiger partial charge in [0.1, 0.15) is 5.69 Å². The molecule has 0 fully saturated rings. The second-order valence-electron chi connectivity index (χ2n) is 4.31. The summed E-state index contributed by atoms with van der Waals surface area (Å²) in [6, 6.07) is 0. The van der Waals surface area contributed by atoms with Crippen molar-refractivity contribution in [3.05, 3.63) is 17.3 Å². The average Bonchev–Trinajstić information content (AvgIpc) is 2.91. The Bertz CT molecular complexity index is 494. The van der Waals surface area contributed by atoms with Crippen molar-refractivity contribution >= 4 is 16.3 Å². The van der Waals surface area contributed by atoms with Gasteiger partial charge in [-0.2, -0.15) is 4.98 Å². The molecule has 1 unspecified atom stereocenters. The van der Waals surface area contributed by atoms with Crippen LogP contribution in [0.15, 0.2) is 11.6 Å². The summed E-state index contributed by atoms with van der Waals surface area (Å²) in [6.07, 6.45) is 2.02. The molecule has 2 rings (SSSR count). The molecule has 6 heteroatoms. The molecule has 0 aromatic carbocycles. The molecule has 2 aromatic rings. The van der Waals surface area contributed by atoms with Gasteiger partial charge in [-0.1, -0.05) is 6.92 Å². The fraction of sp³-hybridized carbons (Fsp3) is 0.583. The van der Waals surface area contributed by atoms with Crippen molar-refractivity contribution < 1.29 is 9.47 Å². The summed E-state index contributed by atoms with van der Waals surface area (Å²) in [4.78, 5) is 5.39. The summed E-state index contributed by atoms with van der Waals surface area (Å²) in [5.74, 6) is 1.20. The Morgan fingerprint density at radius 2 is 2.33 bits per heavy atom. The van der Waals surface area contributed by atoms with E-state index >= 15 is 0 Å². The highest BCUT2D eigenvalue weighted by Gasteiger charge is 2.13. The number of thiazole rings is 1. The molecule has 0 amide bonds. The van der Waals surface area contributed by atoms with Crippen LogP contribution in [0, 0.1) is 5.92 Å². The van der Waals surface area contributed by atoms with Gasteiger partial charge in [0.2, 0.25) is 5.88 Å². The number of fused-ring (bicyclic) bond motifs is 1. The fourth-order valence-electron chi connectivity index (χ4n) is 1.92. The fourth-order valence-corrected chi connectivity index (χ4v) is 2.64. The molecule has 0 aliphatic rings. The number of methoxy groups -OCH3 is 2. The zero-order valence-corrected chi connectivity index (χ0v) is 11.8. The predicted octanol–water partition coefficient (Wildman–Crippen LogP) is 1.78. The highest BCUT2D eigenvalue weighted by atomic mass is 32.1. The minimum absolute atomic E-state index is 0.492. The van der Waals surface area contributed by atoms with Crippen LogP contribution in [0.25, 0.3) is 4.96 Å². The molecule has 5 nitrogen and oxygen atoms in total. The Morgan fingerprint density at radius 3 is 3.06 bits per heavy atom. The predicted molar refractivity (Wildman–Crippen MR) is 72.4 cm³/mol. The third-order valence-corrected chi connectivity index (χ3v) is 3.51. The molecule has 1 atom stereocenters. The standard InChI is InChI=1S/C12H19N3O2S/c1-9(8-16-2)6-13-7-10-11(17-3)14-12-15(10)4-5-18-12/h4-5,9,13H,6-8H2,1-3H3. The van der Waals surface area contributed by atoms with E-state index < -0.39 is 0 Å². The van der Waals surface area contributed by atoms with Gasteiger partial charge < -0.3 is 14.8 Å². The second-order valence-corrected chi connectivity index (χ2v) is 5.19. The van der Waals surface area contributed by atoms with Gasteiger partial charge in [0, 0.05) is 38.4 Å². The molecular weight excluding hydrogens is 250 g/mol. The first-order chi connectivity index (χ1) is 8.76. The maximum Gasteiger partial charge on any atom is 0.237 e. The minimum atomic E-state index is 0.492. The Hall–Kier alpha value is -1.11. The topological polar surface area (TPSA) is 47.8 Å². The van der Waals surface area contributed by atoms with Crippen molar-refractivity contribution in [2.24, 2.45) is 5.92 Å². The van der Waals surface area contributed by atoms with E-state index in [0.717, 1.165) is 30.4 Å². The van der Waals surface area contributed by atoms with Crippen LogP contribution < -0.4 is 10.1 Å². The van der Waals surface area contributed by atoms with Crippen molar-refractivity contribution in [1.82, 2.24) is 14.7 Å². The van der Waals surface area contributed by atoms with Crippen LogP contribution in [-0.2, 0) is 11.3 Å². The van der Waals surface area contributed by atoms with Gasteiger partial charge in [0.05, 0.1) is 7.11 Å². The molecule has 2 aromatic heterocycles. The SMILES string of the molecule is COCC(C)CNCc1c(OC)nc2sccn12. The third kappa shape index (κ3) is 2.82. The second kappa shape index (κ2) is 6.17. The van der Waals surface area contributed by atoms with E-state index in [9.17, 15) is 0 Å². The molecule has 0 saturated heterocycles. The van der Waals surface area contributed by atoms with Crippen molar-refractivity contribution in [3.63, 3.8) is 0 Å². The van der Waals surface area contributed by atoms with Crippen LogP contribution in [0.1, 0.15) is 12.6 Å². The maximum atomic E-state index is 5.30. The summed E-state index contributed by atoms with van der Waals surface area (Å²) < 4.78 is 12.5. The molecule has 18 heavy (non-hydrogen) atoms. The maximum absolute atomic E-state index is 5.30. The monoisotopic (exact) mass is 269 g/mol. The Morgan fingerprint density at radius 1 is 1.50 bits per heavy atom. The molecule has 0 radical (unpaired) electrons. The van der Waals surface area contributed by atoms with Crippen LogP contribution >= 0.6 is 11.3 Å². The lowest BCUT2D eigenvalue weighted by Crippen LogP contribution is -2.24. The largest absolute Gasteiger partial charge is 0.480 e. The summed E-state index contributed by atoms with van der Waals surface area (Å²) in [7, 11) is 3.38. The van der Waals surface area contributed by atoms with Gasteiger partial charge >= 0.3 is 0 Å². The zero-order chi connectivity index (χ0) is 13.0. The van der Waals surface area contributed by atoms with E-state index in [2.05, 4.69) is 21.6 Å². The van der Waals surface area contributed by atoms with E-state index in [1.807, 2.05) is 11.6 Å². The van der Waals surface area contributed by atoms with Crippen molar-refractivity contribution in [2.45, 2.75) is 13.5 Å². The van der Waals surface area contributed by atoms with Crippen LogP contribution in [0.5, 0.6) is 5.88 Å². The first-order valence-corrected chi connectivity index (χ1v) is 6.82. The first kappa shape index (κ1) is 13.3. The summed E-state index contributed by atoms with van der Waals surface area (Å²) in [6.45, 7) is 4.58. The Kier molecular flexibility index (Phi) is 4.57. The van der Waals surface area contributed by atoms with Crippen molar-refractivity contribution in [3.8, 4) is 5.88 Å². The van der Waals surface area contributed by atoms with E-state index in [4.69, 9.17) is 9.47 Å². The lowest BCUT2D eigenvalue weighted by atomic mass is 10.2. The molecule has 100 valence electrons. The molecule has 0 aliphatic carbocycles. The number of nitrogens with zero attached hydrogens (tertiary/aromatic N) is 2. The number of rotatable bonds is 7. The number of hydrogen-bond donors (Lipinski definition) is 1. The summed E-state index contributed by atoms with van der Waals surface area (Å²) in [5.41, 5.74) is 1.07. The van der Waals surface area contributed by atoms with Gasteiger partial charge in [-0.05, 0) is 5.92 Å². The number of ether oxygens (including phenoxy) is 2. The van der Waals surface area contributed by atoms with Gasteiger partial charge in [-0.3, -0.25) is 4.40 Å². The quantitative estimate of drug-likeness (QED) is 0.832. The van der Waals surface area contributed by atoms with Crippen LogP contribution in [0.2, 0.25) is 0 Å². The van der Waals surface area contributed by atoms with Gasteiger partial charge in [0.25, 0.3) is 0 Å². The number of imidazole rings is 1. The van der Waals surface area contributed by atoms with E-state index in [1.165, 1.54) is 0 Å². The van der Waals surface area contributed by atoms with Crippen LogP contribution in [0.3, 0.4) is 0 Å². The summed E-state index contributed by atoms with van der Waals surface area (Å²) >= 11 is 1.61. The molecular formula is C12H19N3O2S. The Labute approximate surface area is 111 Å². The Balaban J connectivity index is 1.99. The molecule has 2 heterocycles. The van der Waals surface area contributed by atoms with E-state index in [-0.39, 0.29) is 0 Å². The van der Waals surface area contributed by atoms with E-state index in [1.54, 1.807) is 25.6 Å². The molecule has 0 spiro atoms. The number of aromatic nitrogens is 2. The first-order valence-electron chi connectivity index (χ1n) is 5.94. The van der Waals surface area contributed by atoms with Gasteiger partial charge in [-0.15, -0.1) is 11.3 Å². The highest BCUT2D eigenvalue weighted by Crippen LogP contribution is 2.22. The van der Waals surface area contributed by atoms with Gasteiger partial charge in [-0.25, -0.2) is 0 Å². The summed E-state index contributed by atoms with van der Waals surface area (Å²) in [5, 5.41) is 5.44. The lowest BCUT2D eigenvalue weighted by Gasteiger charge is -2.11. The average molecular weight is 269 g/mol. The molecule has 0 bridgehead atoms. The molecule has 0 aliphatic heterocycles. The van der Waals surface area contributed by atoms with Crippen LogP contribution in [0.4, 0.5) is 0 Å². The molecule has 0 saturated carbocycles. The lowest BCUT2D eigenvalue weighted by molar-refractivity contribution is 0.158. The number of hydrogen-bond acceptors (Lipinski definition) is 5. The molecule has 1 N–H and O–H groups in total.